The number of ether oxygens (including phenoxy) is 1. The summed E-state index contributed by atoms with van der Waals surface area (Å²) in [5.41, 5.74) is 3.67. The quantitative estimate of drug-likeness (QED) is 0.401. The van der Waals surface area contributed by atoms with Crippen molar-refractivity contribution in [1.29, 1.82) is 0 Å². The third-order valence-electron chi connectivity index (χ3n) is 4.53. The van der Waals surface area contributed by atoms with Gasteiger partial charge in [-0.05, 0) is 56.7 Å². The zero-order valence-corrected chi connectivity index (χ0v) is 18.6. The Balaban J connectivity index is 0.000000278. The third kappa shape index (κ3) is 7.38. The van der Waals surface area contributed by atoms with Gasteiger partial charge in [0.1, 0.15) is 12.4 Å². The number of aromatic nitrogens is 1. The number of hydrogen-bond donors (Lipinski definition) is 0. The molecule has 0 atom stereocenters. The molecule has 0 aliphatic carbocycles. The molecular formula is C26H27F3N2O. The normalized spacial score (nSPS) is 11.8. The van der Waals surface area contributed by atoms with Crippen molar-refractivity contribution in [2.24, 2.45) is 4.99 Å². The smallest absolute Gasteiger partial charge is 0.418 e. The predicted octanol–water partition coefficient (Wildman–Crippen LogP) is 6.98. The maximum atomic E-state index is 12.0. The van der Waals surface area contributed by atoms with E-state index in [1.165, 1.54) is 24.8 Å². The summed E-state index contributed by atoms with van der Waals surface area (Å²) < 4.78 is 42.0. The van der Waals surface area contributed by atoms with Crippen molar-refractivity contribution in [3.05, 3.63) is 107 Å². The Labute approximate surface area is 187 Å². The first-order valence-corrected chi connectivity index (χ1v) is 10.1. The monoisotopic (exact) mass is 440 g/mol. The van der Waals surface area contributed by atoms with Crippen LogP contribution in [0.1, 0.15) is 34.9 Å². The molecule has 32 heavy (non-hydrogen) atoms. The van der Waals surface area contributed by atoms with Gasteiger partial charge in [0.25, 0.3) is 0 Å². The minimum atomic E-state index is -4.28. The summed E-state index contributed by atoms with van der Waals surface area (Å²) in [4.78, 5) is 7.88. The third-order valence-corrected chi connectivity index (χ3v) is 4.53. The van der Waals surface area contributed by atoms with Gasteiger partial charge in [-0.2, -0.15) is 13.2 Å². The molecule has 3 aromatic rings. The molecule has 1 heterocycles. The van der Waals surface area contributed by atoms with Crippen LogP contribution in [0.15, 0.2) is 84.0 Å². The summed E-state index contributed by atoms with van der Waals surface area (Å²) in [5, 5.41) is 0. The fourth-order valence-electron chi connectivity index (χ4n) is 2.93. The maximum Gasteiger partial charge on any atom is 0.418 e. The van der Waals surface area contributed by atoms with E-state index in [9.17, 15) is 13.2 Å². The molecule has 3 nitrogen and oxygen atoms in total. The summed E-state index contributed by atoms with van der Waals surface area (Å²) in [5.74, 6) is 0.864. The molecule has 168 valence electrons. The van der Waals surface area contributed by atoms with Crippen molar-refractivity contribution in [2.45, 2.75) is 33.6 Å². The van der Waals surface area contributed by atoms with Gasteiger partial charge >= 0.3 is 6.18 Å². The highest BCUT2D eigenvalue weighted by atomic mass is 19.4. The second kappa shape index (κ2) is 11.8. The average molecular weight is 441 g/mol. The second-order valence-electron chi connectivity index (χ2n) is 7.02. The Hall–Kier alpha value is -3.41. The van der Waals surface area contributed by atoms with Gasteiger partial charge in [-0.1, -0.05) is 48.0 Å². The van der Waals surface area contributed by atoms with E-state index in [0.717, 1.165) is 28.7 Å². The van der Waals surface area contributed by atoms with Crippen LogP contribution >= 0.6 is 0 Å². The Morgan fingerprint density at radius 1 is 1.03 bits per heavy atom. The summed E-state index contributed by atoms with van der Waals surface area (Å²) >= 11 is 0. The fourth-order valence-corrected chi connectivity index (χ4v) is 2.93. The second-order valence-corrected chi connectivity index (χ2v) is 7.02. The first kappa shape index (κ1) is 24.9. The van der Waals surface area contributed by atoms with Gasteiger partial charge in [0.05, 0.1) is 11.3 Å². The molecule has 0 unspecified atom stereocenters. The summed E-state index contributed by atoms with van der Waals surface area (Å²) in [7, 11) is 1.80. The fraction of sp³-hybridized carbons (Fsp3) is 0.231. The molecule has 1 aromatic heterocycles. The molecule has 0 fully saturated rings. The minimum Gasteiger partial charge on any atom is -0.488 e. The highest BCUT2D eigenvalue weighted by Crippen LogP contribution is 2.30. The van der Waals surface area contributed by atoms with Crippen LogP contribution in [0.4, 0.5) is 13.2 Å². The Kier molecular flexibility index (Phi) is 9.20. The molecular weight excluding hydrogens is 413 g/mol. The van der Waals surface area contributed by atoms with Gasteiger partial charge in [-0.3, -0.25) is 9.98 Å². The van der Waals surface area contributed by atoms with E-state index in [1.807, 2.05) is 43.3 Å². The van der Waals surface area contributed by atoms with Crippen LogP contribution in [0.25, 0.3) is 0 Å². The number of rotatable bonds is 5. The van der Waals surface area contributed by atoms with Crippen molar-refractivity contribution < 1.29 is 17.9 Å². The Morgan fingerprint density at radius 2 is 1.75 bits per heavy atom. The Bertz CT molecular complexity index is 1060. The van der Waals surface area contributed by atoms with Crippen LogP contribution < -0.4 is 4.74 Å². The number of allylic oxidation sites excluding steroid dienone is 2. The average Bonchev–Trinajstić information content (AvgIpc) is 2.77. The minimum absolute atomic E-state index is 0.0139. The van der Waals surface area contributed by atoms with Gasteiger partial charge in [0.2, 0.25) is 0 Å². The lowest BCUT2D eigenvalue weighted by molar-refractivity contribution is -0.138. The van der Waals surface area contributed by atoms with Crippen molar-refractivity contribution in [3.8, 4) is 5.75 Å². The number of hydrogen-bond acceptors (Lipinski definition) is 3. The van der Waals surface area contributed by atoms with E-state index in [-0.39, 0.29) is 5.69 Å². The van der Waals surface area contributed by atoms with Crippen LogP contribution in [0, 0.1) is 13.8 Å². The highest BCUT2D eigenvalue weighted by Gasteiger charge is 2.32. The molecule has 0 aliphatic rings. The lowest BCUT2D eigenvalue weighted by atomic mass is 10.1. The molecule has 0 aliphatic heterocycles. The van der Waals surface area contributed by atoms with Crippen LogP contribution in [0.3, 0.4) is 0 Å². The van der Waals surface area contributed by atoms with Crippen LogP contribution in [-0.4, -0.2) is 17.7 Å². The number of nitrogens with zero attached hydrogens (tertiary/aromatic N) is 2. The zero-order valence-electron chi connectivity index (χ0n) is 18.6. The highest BCUT2D eigenvalue weighted by molar-refractivity contribution is 6.10. The van der Waals surface area contributed by atoms with Gasteiger partial charge in [0.15, 0.2) is 0 Å². The molecule has 6 heteroatoms. The summed E-state index contributed by atoms with van der Waals surface area (Å²) in [6.45, 7) is 5.96. The molecule has 0 radical (unpaired) electrons. The van der Waals surface area contributed by atoms with E-state index >= 15 is 0 Å². The molecule has 0 saturated carbocycles. The van der Waals surface area contributed by atoms with Crippen molar-refractivity contribution in [3.63, 3.8) is 0 Å². The SMILES string of the molecule is C/C=C\C(=NC)c1cc(C)ccc1OCc1ccccc1.Cc1ncccc1C(F)(F)F. The molecule has 0 N–H and O–H groups in total. The van der Waals surface area contributed by atoms with E-state index in [1.54, 1.807) is 7.05 Å². The lowest BCUT2D eigenvalue weighted by Gasteiger charge is -2.12. The number of aliphatic imine (C=N–C) groups is 1. The molecule has 2 aromatic carbocycles. The van der Waals surface area contributed by atoms with Crippen molar-refractivity contribution in [2.75, 3.05) is 7.05 Å². The van der Waals surface area contributed by atoms with Crippen LogP contribution in [-0.2, 0) is 12.8 Å². The molecule has 3 rings (SSSR count). The number of alkyl halides is 3. The molecule has 0 bridgehead atoms. The predicted molar refractivity (Wildman–Crippen MR) is 123 cm³/mol. The topological polar surface area (TPSA) is 34.5 Å². The number of benzene rings is 2. The molecule has 0 spiro atoms. The van der Waals surface area contributed by atoms with Crippen LogP contribution in [0.5, 0.6) is 5.75 Å². The molecule has 0 saturated heterocycles. The van der Waals surface area contributed by atoms with Gasteiger partial charge < -0.3 is 4.74 Å². The summed E-state index contributed by atoms with van der Waals surface area (Å²) in [6.07, 6.45) is 1.05. The van der Waals surface area contributed by atoms with Crippen LogP contribution in [0.2, 0.25) is 0 Å². The van der Waals surface area contributed by atoms with E-state index < -0.39 is 11.7 Å². The largest absolute Gasteiger partial charge is 0.488 e. The van der Waals surface area contributed by atoms with Gasteiger partial charge in [0, 0.05) is 24.5 Å². The first-order chi connectivity index (χ1) is 15.3. The molecule has 0 amide bonds. The lowest BCUT2D eigenvalue weighted by Crippen LogP contribution is -2.07. The summed E-state index contributed by atoms with van der Waals surface area (Å²) in [6, 6.07) is 18.7. The van der Waals surface area contributed by atoms with Crippen molar-refractivity contribution >= 4 is 5.71 Å². The number of aryl methyl sites for hydroxylation is 2. The number of pyridine rings is 1. The van der Waals surface area contributed by atoms with E-state index in [0.29, 0.717) is 6.61 Å². The maximum absolute atomic E-state index is 12.0. The van der Waals surface area contributed by atoms with E-state index in [2.05, 4.69) is 41.2 Å². The van der Waals surface area contributed by atoms with E-state index in [4.69, 9.17) is 4.74 Å². The number of halogens is 3. The Morgan fingerprint density at radius 3 is 2.31 bits per heavy atom. The first-order valence-electron chi connectivity index (χ1n) is 10.1. The standard InChI is InChI=1S/C19H21NO.C7H6F3N/c1-4-8-18(20-3)17-13-15(2)11-12-19(17)21-14-16-9-6-5-7-10-16;1-5-6(7(8,9)10)3-2-4-11-5/h4-13H,14H2,1-3H3;2-4H,1H3/b8-4-,20-18?;. The van der Waals surface area contributed by atoms with Gasteiger partial charge in [-0.25, -0.2) is 0 Å². The zero-order chi connectivity index (χ0) is 23.6. The van der Waals surface area contributed by atoms with Gasteiger partial charge in [-0.15, -0.1) is 0 Å². The van der Waals surface area contributed by atoms with Crippen molar-refractivity contribution in [1.82, 2.24) is 4.98 Å².